The van der Waals surface area contributed by atoms with Crippen molar-refractivity contribution in [1.29, 1.82) is 0 Å². The van der Waals surface area contributed by atoms with Crippen LogP contribution in [-0.2, 0) is 19.3 Å². The average molecular weight is 1030 g/mol. The van der Waals surface area contributed by atoms with E-state index in [1.54, 1.807) is 18.3 Å². The standard InChI is InChI=1S/C55H63N9O9S/c56-52(65)42-9-10-44(60-17-13-55(14-18-60)24-37(25-55)62-16-3-6-43(62)41-5-2-1-4-40(41)32-7-8-32)51(50(42)63-26-34-29-70-19-12-47(34)73-54-46(63)20-33-11-15-57-53(33)59-54)74(68,69)39-22-45(64(66)67)49-48(23-39)72-30-35(58-49)27-61-28-38-21-36(61)31-71-38/h1-2,4-5,9-11,15,20,22-23,32,34-38,43,47,58H,3,6-8,12-14,16-19,21,24-31H2,(H2,56,65)(H,57,59)/t34-,35-,36+,38+,43-,47+/m0/s1. The van der Waals surface area contributed by atoms with Crippen molar-refractivity contribution in [3.8, 4) is 11.6 Å². The van der Waals surface area contributed by atoms with E-state index in [4.69, 9.17) is 29.7 Å². The summed E-state index contributed by atoms with van der Waals surface area (Å²) >= 11 is 0. The van der Waals surface area contributed by atoms with Gasteiger partial charge in [-0.1, -0.05) is 24.3 Å². The zero-order valence-electron chi connectivity index (χ0n) is 41.5. The van der Waals surface area contributed by atoms with Gasteiger partial charge in [0, 0.05) is 86.9 Å². The summed E-state index contributed by atoms with van der Waals surface area (Å²) in [5, 5.41) is 17.2. The number of pyridine rings is 1. The molecular formula is C55H63N9O9S. The van der Waals surface area contributed by atoms with Gasteiger partial charge in [0.1, 0.15) is 28.9 Å². The number of nitrogens with two attached hydrogens (primary N) is 1. The van der Waals surface area contributed by atoms with Crippen LogP contribution < -0.4 is 30.3 Å². The molecule has 1 spiro atoms. The number of aromatic nitrogens is 2. The minimum absolute atomic E-state index is 0.0180. The van der Waals surface area contributed by atoms with E-state index in [-0.39, 0.29) is 87.1 Å². The largest absolute Gasteiger partial charge is 0.489 e. The number of morpholine rings is 1. The fraction of sp³-hybridized carbons (Fsp3) is 0.527. The number of carbonyl (C=O) groups is 1. The van der Waals surface area contributed by atoms with Crippen LogP contribution in [0, 0.1) is 21.4 Å². The maximum Gasteiger partial charge on any atom is 0.297 e. The number of hydrogen-bond donors (Lipinski definition) is 3. The third-order valence-corrected chi connectivity index (χ3v) is 20.0. The highest BCUT2D eigenvalue weighted by molar-refractivity contribution is 7.91. The second kappa shape index (κ2) is 17.8. The number of benzene rings is 3. The molecule has 3 aromatic carbocycles. The Morgan fingerprint density at radius 2 is 1.77 bits per heavy atom. The smallest absolute Gasteiger partial charge is 0.297 e. The number of nitro groups is 1. The Labute approximate surface area is 429 Å². The van der Waals surface area contributed by atoms with Gasteiger partial charge >= 0.3 is 0 Å². The summed E-state index contributed by atoms with van der Waals surface area (Å²) in [5.74, 6) is -0.0360. The fourth-order valence-corrected chi connectivity index (χ4v) is 16.0. The Balaban J connectivity index is 0.843. The number of anilines is 4. The zero-order valence-corrected chi connectivity index (χ0v) is 42.3. The lowest BCUT2D eigenvalue weighted by molar-refractivity contribution is -0.384. The summed E-state index contributed by atoms with van der Waals surface area (Å²) in [6.07, 6.45) is 12.0. The molecule has 14 rings (SSSR count). The highest BCUT2D eigenvalue weighted by atomic mass is 32.2. The second-order valence-corrected chi connectivity index (χ2v) is 24.6. The summed E-state index contributed by atoms with van der Waals surface area (Å²) in [6.45, 7) is 5.48. The van der Waals surface area contributed by atoms with Crippen molar-refractivity contribution in [1.82, 2.24) is 19.8 Å². The van der Waals surface area contributed by atoms with E-state index >= 15 is 8.42 Å². The predicted molar refractivity (Wildman–Crippen MR) is 277 cm³/mol. The third-order valence-electron chi connectivity index (χ3n) is 18.2. The first-order valence-corrected chi connectivity index (χ1v) is 28.3. The van der Waals surface area contributed by atoms with Gasteiger partial charge in [0.15, 0.2) is 11.4 Å². The molecule has 9 aliphatic rings. The van der Waals surface area contributed by atoms with Gasteiger partial charge in [-0.05, 0) is 111 Å². The van der Waals surface area contributed by atoms with E-state index in [1.165, 1.54) is 42.9 Å². The Morgan fingerprint density at radius 1 is 0.932 bits per heavy atom. The van der Waals surface area contributed by atoms with Gasteiger partial charge in [-0.15, -0.1) is 0 Å². The van der Waals surface area contributed by atoms with Crippen molar-refractivity contribution in [3.05, 3.63) is 93.7 Å². The number of primary amides is 1. The maximum absolute atomic E-state index is 16.2. The number of rotatable bonds is 11. The van der Waals surface area contributed by atoms with Crippen LogP contribution in [0.3, 0.4) is 0 Å². The highest BCUT2D eigenvalue weighted by Crippen LogP contribution is 2.57. The fourth-order valence-electron chi connectivity index (χ4n) is 14.3. The van der Waals surface area contributed by atoms with Gasteiger partial charge in [-0.2, -0.15) is 4.98 Å². The first-order chi connectivity index (χ1) is 36.0. The number of amides is 1. The molecule has 9 heterocycles. The predicted octanol–water partition coefficient (Wildman–Crippen LogP) is 7.45. The highest BCUT2D eigenvalue weighted by Gasteiger charge is 2.51. The molecule has 2 saturated carbocycles. The van der Waals surface area contributed by atoms with Crippen LogP contribution >= 0.6 is 0 Å². The van der Waals surface area contributed by atoms with Crippen LogP contribution in [-0.4, -0.2) is 135 Å². The Hall–Kier alpha value is -5.99. The van der Waals surface area contributed by atoms with Crippen molar-refractivity contribution < 1.29 is 37.1 Å². The number of nitro benzene ring substituents is 1. The summed E-state index contributed by atoms with van der Waals surface area (Å²) in [6, 6.07) is 19.7. The number of fused-ring (bicyclic) bond motifs is 6. The number of piperidine rings is 1. The molecule has 0 unspecified atom stereocenters. The molecule has 6 atom stereocenters. The van der Waals surface area contributed by atoms with Gasteiger partial charge in [-0.3, -0.25) is 24.7 Å². The minimum Gasteiger partial charge on any atom is -0.489 e. The number of H-pyrrole nitrogens is 1. The number of sulfone groups is 1. The molecule has 1 amide bonds. The van der Waals surface area contributed by atoms with Crippen LogP contribution in [0.5, 0.6) is 11.6 Å². The van der Waals surface area contributed by atoms with Crippen molar-refractivity contribution in [2.24, 2.45) is 17.1 Å². The Morgan fingerprint density at radius 3 is 2.54 bits per heavy atom. The van der Waals surface area contributed by atoms with E-state index in [0.29, 0.717) is 80.9 Å². The average Bonchev–Trinajstić information content (AvgIpc) is 3.65. The number of nitrogens with one attached hydrogen (secondary N) is 2. The molecule has 0 radical (unpaired) electrons. The van der Waals surface area contributed by atoms with Gasteiger partial charge in [-0.25, -0.2) is 8.42 Å². The molecule has 2 aromatic heterocycles. The van der Waals surface area contributed by atoms with Crippen LogP contribution in [0.25, 0.3) is 11.0 Å². The first-order valence-electron chi connectivity index (χ1n) is 26.9. The van der Waals surface area contributed by atoms with Crippen molar-refractivity contribution in [2.45, 2.75) is 116 Å². The molecule has 74 heavy (non-hydrogen) atoms. The molecule has 7 fully saturated rings. The number of nitrogens with zero attached hydrogens (tertiary/aromatic N) is 6. The van der Waals surface area contributed by atoms with E-state index in [2.05, 4.69) is 49.3 Å². The second-order valence-electron chi connectivity index (χ2n) is 22.7. The Kier molecular flexibility index (Phi) is 11.2. The molecule has 5 saturated heterocycles. The quantitative estimate of drug-likeness (QED) is 0.0867. The number of carbonyl (C=O) groups excluding carboxylic acids is 1. The number of likely N-dealkylation sites (tertiary alicyclic amines) is 2. The van der Waals surface area contributed by atoms with Crippen LogP contribution in [0.2, 0.25) is 0 Å². The third kappa shape index (κ3) is 7.89. The van der Waals surface area contributed by atoms with Crippen LogP contribution in [0.4, 0.5) is 28.4 Å². The molecule has 18 nitrogen and oxygen atoms in total. The molecule has 2 bridgehead atoms. The maximum atomic E-state index is 16.2. The molecular weight excluding hydrogens is 963 g/mol. The number of aromatic amines is 1. The van der Waals surface area contributed by atoms with E-state index in [9.17, 15) is 14.9 Å². The van der Waals surface area contributed by atoms with E-state index < -0.39 is 26.4 Å². The molecule has 7 aliphatic heterocycles. The minimum atomic E-state index is -4.77. The normalized spacial score (nSPS) is 27.7. The molecule has 19 heteroatoms. The lowest BCUT2D eigenvalue weighted by atomic mass is 9.59. The molecule has 388 valence electrons. The first kappa shape index (κ1) is 46.5. The monoisotopic (exact) mass is 1030 g/mol. The summed E-state index contributed by atoms with van der Waals surface area (Å²) in [4.78, 5) is 43.2. The molecule has 4 N–H and O–H groups in total. The van der Waals surface area contributed by atoms with Crippen molar-refractivity contribution in [2.75, 3.05) is 80.8 Å². The SMILES string of the molecule is NC(=O)c1ccc(N2CCC3(CC2)CC(N2CCC[C@H]2c2ccccc2C2CC2)C3)c(S(=O)(=O)c2cc3c(c([N+](=O)[O-])c2)N[C@@H](CN2C[C@H]4C[C@@H]2CO4)CO3)c1N1C[C@H]2COCC[C@H]2Oc2nc3[nH]ccc3cc21. The summed E-state index contributed by atoms with van der Waals surface area (Å²) < 4.78 is 57.3. The topological polar surface area (TPSA) is 211 Å². The lowest BCUT2D eigenvalue weighted by Gasteiger charge is -2.56. The van der Waals surface area contributed by atoms with Gasteiger partial charge < -0.3 is 44.8 Å². The Bertz CT molecular complexity index is 3190. The van der Waals surface area contributed by atoms with Gasteiger partial charge in [0.05, 0.1) is 58.7 Å². The van der Waals surface area contributed by atoms with Gasteiger partial charge in [0.2, 0.25) is 15.7 Å². The summed E-state index contributed by atoms with van der Waals surface area (Å²) in [7, 11) is -4.77. The van der Waals surface area contributed by atoms with Crippen LogP contribution in [0.15, 0.2) is 76.7 Å². The number of hydrogen-bond acceptors (Lipinski definition) is 15. The van der Waals surface area contributed by atoms with Crippen molar-refractivity contribution in [3.63, 3.8) is 0 Å². The van der Waals surface area contributed by atoms with Crippen molar-refractivity contribution >= 4 is 55.2 Å². The number of ether oxygens (including phenoxy) is 4. The van der Waals surface area contributed by atoms with Crippen LogP contribution in [0.1, 0.15) is 97.7 Å². The lowest BCUT2D eigenvalue weighted by Crippen LogP contribution is -2.55. The molecule has 2 aliphatic carbocycles. The van der Waals surface area contributed by atoms with Gasteiger partial charge in [0.25, 0.3) is 11.6 Å². The van der Waals surface area contributed by atoms with E-state index in [0.717, 1.165) is 56.6 Å². The molecule has 5 aromatic rings. The van der Waals surface area contributed by atoms with E-state index in [1.807, 2.05) is 17.0 Å². The summed E-state index contributed by atoms with van der Waals surface area (Å²) in [5.41, 5.74) is 10.7. The zero-order chi connectivity index (χ0) is 50.0.